The predicted octanol–water partition coefficient (Wildman–Crippen LogP) is 2.74. The Labute approximate surface area is 109 Å². The van der Waals surface area contributed by atoms with E-state index in [1.165, 1.54) is 12.8 Å². The zero-order valence-corrected chi connectivity index (χ0v) is 10.9. The van der Waals surface area contributed by atoms with Crippen molar-refractivity contribution in [2.24, 2.45) is 5.73 Å². The van der Waals surface area contributed by atoms with Crippen LogP contribution in [-0.4, -0.2) is 25.4 Å². The number of para-hydroxylation sites is 1. The molecule has 1 aliphatic rings. The highest BCUT2D eigenvalue weighted by Gasteiger charge is 2.32. The summed E-state index contributed by atoms with van der Waals surface area (Å²) in [4.78, 5) is 0. The lowest BCUT2D eigenvalue weighted by atomic mass is 10.0. The van der Waals surface area contributed by atoms with Crippen LogP contribution in [0.3, 0.4) is 0 Å². The highest BCUT2D eigenvalue weighted by Crippen LogP contribution is 2.32. The van der Waals surface area contributed by atoms with E-state index in [4.69, 9.17) is 15.2 Å². The molecular formula is C15H23NO2. The van der Waals surface area contributed by atoms with Gasteiger partial charge in [-0.3, -0.25) is 0 Å². The van der Waals surface area contributed by atoms with E-state index >= 15 is 0 Å². The van der Waals surface area contributed by atoms with Crippen molar-refractivity contribution in [2.45, 2.75) is 37.7 Å². The smallest absolute Gasteiger partial charge is 0.119 e. The second-order valence-corrected chi connectivity index (χ2v) is 4.96. The van der Waals surface area contributed by atoms with Crippen LogP contribution in [0.4, 0.5) is 0 Å². The van der Waals surface area contributed by atoms with Gasteiger partial charge in [0.2, 0.25) is 0 Å². The minimum atomic E-state index is -0.0350. The zero-order chi connectivity index (χ0) is 12.7. The Bertz CT molecular complexity index is 334. The first-order chi connectivity index (χ1) is 8.85. The molecule has 0 aliphatic heterocycles. The fraction of sp³-hybridized carbons (Fsp3) is 0.600. The van der Waals surface area contributed by atoms with Crippen LogP contribution in [0.15, 0.2) is 30.3 Å². The Morgan fingerprint density at radius 2 is 1.78 bits per heavy atom. The molecule has 0 bridgehead atoms. The first-order valence-corrected chi connectivity index (χ1v) is 6.87. The predicted molar refractivity (Wildman–Crippen MR) is 72.8 cm³/mol. The van der Waals surface area contributed by atoms with Gasteiger partial charge >= 0.3 is 0 Å². The maximum atomic E-state index is 5.97. The summed E-state index contributed by atoms with van der Waals surface area (Å²) in [5, 5.41) is 0. The molecule has 18 heavy (non-hydrogen) atoms. The van der Waals surface area contributed by atoms with Gasteiger partial charge in [0, 0.05) is 13.0 Å². The van der Waals surface area contributed by atoms with Crippen molar-refractivity contribution >= 4 is 0 Å². The van der Waals surface area contributed by atoms with Gasteiger partial charge in [-0.2, -0.15) is 0 Å². The molecule has 0 atom stereocenters. The van der Waals surface area contributed by atoms with E-state index in [-0.39, 0.29) is 5.60 Å². The Balaban J connectivity index is 1.61. The maximum absolute atomic E-state index is 5.97. The Kier molecular flexibility index (Phi) is 5.02. The topological polar surface area (TPSA) is 44.5 Å². The average molecular weight is 249 g/mol. The number of nitrogens with two attached hydrogens (primary N) is 1. The van der Waals surface area contributed by atoms with E-state index in [1.807, 2.05) is 30.3 Å². The second-order valence-electron chi connectivity index (χ2n) is 4.96. The highest BCUT2D eigenvalue weighted by molar-refractivity contribution is 5.20. The molecule has 3 nitrogen and oxygen atoms in total. The maximum Gasteiger partial charge on any atom is 0.119 e. The van der Waals surface area contributed by atoms with Crippen molar-refractivity contribution in [3.8, 4) is 5.75 Å². The molecule has 1 fully saturated rings. The van der Waals surface area contributed by atoms with Crippen molar-refractivity contribution in [1.29, 1.82) is 0 Å². The molecule has 1 aromatic carbocycles. The molecular weight excluding hydrogens is 226 g/mol. The van der Waals surface area contributed by atoms with Crippen molar-refractivity contribution in [1.82, 2.24) is 0 Å². The molecule has 3 heteroatoms. The van der Waals surface area contributed by atoms with Crippen molar-refractivity contribution in [2.75, 3.05) is 19.8 Å². The van der Waals surface area contributed by atoms with Gasteiger partial charge in [0.05, 0.1) is 18.8 Å². The molecule has 0 spiro atoms. The monoisotopic (exact) mass is 249 g/mol. The summed E-state index contributed by atoms with van der Waals surface area (Å²) in [7, 11) is 0. The number of rotatable bonds is 7. The van der Waals surface area contributed by atoms with E-state index in [0.717, 1.165) is 31.6 Å². The standard InChI is InChI=1S/C15H23NO2/c16-13-15(9-4-5-10-15)18-12-6-11-17-14-7-2-1-3-8-14/h1-3,7-8H,4-6,9-13,16H2. The SMILES string of the molecule is NCC1(OCCCOc2ccccc2)CCCC1. The van der Waals surface area contributed by atoms with Gasteiger partial charge in [-0.25, -0.2) is 0 Å². The molecule has 1 saturated carbocycles. The van der Waals surface area contributed by atoms with Crippen LogP contribution in [0, 0.1) is 0 Å². The van der Waals surface area contributed by atoms with E-state index in [1.54, 1.807) is 0 Å². The third-order valence-corrected chi connectivity index (χ3v) is 3.60. The molecule has 2 rings (SSSR count). The number of hydrogen-bond acceptors (Lipinski definition) is 3. The number of hydrogen-bond donors (Lipinski definition) is 1. The van der Waals surface area contributed by atoms with Crippen molar-refractivity contribution in [3.05, 3.63) is 30.3 Å². The van der Waals surface area contributed by atoms with Gasteiger partial charge in [0.1, 0.15) is 5.75 Å². The molecule has 1 aromatic rings. The van der Waals surface area contributed by atoms with E-state index < -0.39 is 0 Å². The van der Waals surface area contributed by atoms with E-state index in [9.17, 15) is 0 Å². The second kappa shape index (κ2) is 6.76. The van der Waals surface area contributed by atoms with Gasteiger partial charge in [0.15, 0.2) is 0 Å². The molecule has 0 radical (unpaired) electrons. The number of benzene rings is 1. The molecule has 2 N–H and O–H groups in total. The lowest BCUT2D eigenvalue weighted by Crippen LogP contribution is -2.38. The summed E-state index contributed by atoms with van der Waals surface area (Å²) < 4.78 is 11.6. The molecule has 0 saturated heterocycles. The first-order valence-electron chi connectivity index (χ1n) is 6.87. The van der Waals surface area contributed by atoms with Crippen LogP contribution >= 0.6 is 0 Å². The third kappa shape index (κ3) is 3.72. The fourth-order valence-electron chi connectivity index (χ4n) is 2.48. The first kappa shape index (κ1) is 13.4. The van der Waals surface area contributed by atoms with Crippen molar-refractivity contribution < 1.29 is 9.47 Å². The lowest BCUT2D eigenvalue weighted by molar-refractivity contribution is -0.0373. The van der Waals surface area contributed by atoms with Crippen molar-refractivity contribution in [3.63, 3.8) is 0 Å². The van der Waals surface area contributed by atoms with Crippen LogP contribution < -0.4 is 10.5 Å². The summed E-state index contributed by atoms with van der Waals surface area (Å²) in [6, 6.07) is 9.89. The van der Waals surface area contributed by atoms with Gasteiger partial charge in [-0.1, -0.05) is 31.0 Å². The molecule has 1 aliphatic carbocycles. The molecule has 0 unspecified atom stereocenters. The van der Waals surface area contributed by atoms with Crippen LogP contribution in [0.5, 0.6) is 5.75 Å². The minimum Gasteiger partial charge on any atom is -0.494 e. The van der Waals surface area contributed by atoms with Crippen LogP contribution in [0.1, 0.15) is 32.1 Å². The summed E-state index contributed by atoms with van der Waals surface area (Å²) in [6.45, 7) is 2.08. The van der Waals surface area contributed by atoms with Crippen LogP contribution in [0.25, 0.3) is 0 Å². The molecule has 100 valence electrons. The normalized spacial score (nSPS) is 17.8. The quantitative estimate of drug-likeness (QED) is 0.756. The van der Waals surface area contributed by atoms with Gasteiger partial charge in [0.25, 0.3) is 0 Å². The van der Waals surface area contributed by atoms with Crippen LogP contribution in [-0.2, 0) is 4.74 Å². The fourth-order valence-corrected chi connectivity index (χ4v) is 2.48. The number of ether oxygens (including phenoxy) is 2. The Morgan fingerprint density at radius 3 is 2.44 bits per heavy atom. The molecule has 0 aromatic heterocycles. The molecule has 0 heterocycles. The van der Waals surface area contributed by atoms with Gasteiger partial charge in [-0.05, 0) is 25.0 Å². The minimum absolute atomic E-state index is 0.0350. The Hall–Kier alpha value is -1.06. The summed E-state index contributed by atoms with van der Waals surface area (Å²) in [6.07, 6.45) is 5.64. The lowest BCUT2D eigenvalue weighted by Gasteiger charge is -2.27. The van der Waals surface area contributed by atoms with Gasteiger partial charge < -0.3 is 15.2 Å². The highest BCUT2D eigenvalue weighted by atomic mass is 16.5. The van der Waals surface area contributed by atoms with E-state index in [0.29, 0.717) is 13.2 Å². The zero-order valence-electron chi connectivity index (χ0n) is 10.9. The summed E-state index contributed by atoms with van der Waals surface area (Å²) >= 11 is 0. The average Bonchev–Trinajstić information content (AvgIpc) is 2.89. The Morgan fingerprint density at radius 1 is 1.06 bits per heavy atom. The third-order valence-electron chi connectivity index (χ3n) is 3.60. The summed E-state index contributed by atoms with van der Waals surface area (Å²) in [5.41, 5.74) is 5.78. The molecule has 0 amide bonds. The largest absolute Gasteiger partial charge is 0.494 e. The van der Waals surface area contributed by atoms with Gasteiger partial charge in [-0.15, -0.1) is 0 Å². The van der Waals surface area contributed by atoms with E-state index in [2.05, 4.69) is 0 Å². The van der Waals surface area contributed by atoms with Crippen LogP contribution in [0.2, 0.25) is 0 Å². The summed E-state index contributed by atoms with van der Waals surface area (Å²) in [5.74, 6) is 0.923.